The van der Waals surface area contributed by atoms with Gasteiger partial charge in [0.2, 0.25) is 0 Å². The molecule has 2 N–H and O–H groups in total. The van der Waals surface area contributed by atoms with Gasteiger partial charge in [-0.15, -0.1) is 0 Å². The zero-order valence-electron chi connectivity index (χ0n) is 16.6. The van der Waals surface area contributed by atoms with E-state index >= 15 is 0 Å². The zero-order chi connectivity index (χ0) is 20.0. The number of fused-ring (bicyclic) bond motifs is 3. The first-order valence-electron chi connectivity index (χ1n) is 10.2. The van der Waals surface area contributed by atoms with Gasteiger partial charge in [-0.05, 0) is 68.1 Å². The smallest absolute Gasteiger partial charge is 0.255 e. The fraction of sp³-hybridized carbons (Fsp3) is 0.250. The van der Waals surface area contributed by atoms with Crippen molar-refractivity contribution in [1.29, 1.82) is 0 Å². The summed E-state index contributed by atoms with van der Waals surface area (Å²) < 4.78 is 1.76. The number of nitrogens with two attached hydrogens (primary N) is 1. The molecule has 3 heterocycles. The Morgan fingerprint density at radius 2 is 1.72 bits per heavy atom. The summed E-state index contributed by atoms with van der Waals surface area (Å²) in [5.74, 6) is 0. The monoisotopic (exact) mass is 384 g/mol. The topological polar surface area (TPSA) is 64.2 Å². The van der Waals surface area contributed by atoms with Gasteiger partial charge in [0, 0.05) is 47.5 Å². The minimum absolute atomic E-state index is 0.0726. The fourth-order valence-corrected chi connectivity index (χ4v) is 4.27. The molecule has 1 saturated heterocycles. The average Bonchev–Trinajstić information content (AvgIpc) is 2.76. The van der Waals surface area contributed by atoms with E-state index in [1.54, 1.807) is 10.6 Å². The van der Waals surface area contributed by atoms with E-state index in [1.165, 1.54) is 24.9 Å². The van der Waals surface area contributed by atoms with Gasteiger partial charge in [0.1, 0.15) is 0 Å². The molecule has 0 unspecified atom stereocenters. The number of hydrogen-bond acceptors (Lipinski definition) is 4. The maximum Gasteiger partial charge on any atom is 0.255 e. The van der Waals surface area contributed by atoms with Crippen molar-refractivity contribution in [1.82, 2.24) is 9.55 Å². The van der Waals surface area contributed by atoms with Crippen LogP contribution in [0.15, 0.2) is 59.5 Å². The maximum absolute atomic E-state index is 13.0. The Kier molecular flexibility index (Phi) is 4.23. The highest BCUT2D eigenvalue weighted by Crippen LogP contribution is 2.30. The summed E-state index contributed by atoms with van der Waals surface area (Å²) in [6.45, 7) is 4.12. The molecule has 2 aromatic heterocycles. The molecule has 0 bridgehead atoms. The van der Waals surface area contributed by atoms with Gasteiger partial charge in [-0.2, -0.15) is 0 Å². The predicted molar refractivity (Wildman–Crippen MR) is 120 cm³/mol. The third-order valence-electron chi connectivity index (χ3n) is 5.94. The molecular weight excluding hydrogens is 360 g/mol. The summed E-state index contributed by atoms with van der Waals surface area (Å²) in [7, 11) is 0. The Labute approximate surface area is 169 Å². The molecule has 146 valence electrons. The molecule has 5 rings (SSSR count). The first kappa shape index (κ1) is 17.7. The molecule has 4 aromatic rings. The molecule has 0 amide bonds. The standard InChI is InChI=1S/C24H24N4O/c1-16-5-7-19(14-21(16)25)28-23(29)10-6-17-15-26-22-9-8-18(13-20(22)24(17)28)27-11-3-2-4-12-27/h5-10,13-15H,2-4,11-12,25H2,1H3. The van der Waals surface area contributed by atoms with Crippen molar-refractivity contribution in [2.24, 2.45) is 0 Å². The molecule has 1 aliphatic heterocycles. The van der Waals surface area contributed by atoms with Crippen LogP contribution in [0.5, 0.6) is 0 Å². The molecule has 5 heteroatoms. The number of piperidine rings is 1. The highest BCUT2D eigenvalue weighted by Gasteiger charge is 2.15. The summed E-state index contributed by atoms with van der Waals surface area (Å²) in [5.41, 5.74) is 11.5. The Hall–Kier alpha value is -3.34. The second kappa shape index (κ2) is 6.92. The molecular formula is C24H24N4O. The number of nitrogens with zero attached hydrogens (tertiary/aromatic N) is 3. The van der Waals surface area contributed by atoms with Crippen LogP contribution < -0.4 is 16.2 Å². The normalized spacial score (nSPS) is 14.6. The molecule has 2 aromatic carbocycles. The van der Waals surface area contributed by atoms with Crippen molar-refractivity contribution in [3.63, 3.8) is 0 Å². The lowest BCUT2D eigenvalue weighted by molar-refractivity contribution is 0.578. The molecule has 0 spiro atoms. The lowest BCUT2D eigenvalue weighted by Crippen LogP contribution is -2.29. The van der Waals surface area contributed by atoms with Crippen LogP contribution in [0.4, 0.5) is 11.4 Å². The Morgan fingerprint density at radius 3 is 2.52 bits per heavy atom. The maximum atomic E-state index is 13.0. The van der Waals surface area contributed by atoms with Crippen molar-refractivity contribution in [2.45, 2.75) is 26.2 Å². The van der Waals surface area contributed by atoms with Crippen LogP contribution in [-0.2, 0) is 0 Å². The van der Waals surface area contributed by atoms with E-state index in [-0.39, 0.29) is 5.56 Å². The second-order valence-electron chi connectivity index (χ2n) is 7.86. The van der Waals surface area contributed by atoms with E-state index in [4.69, 9.17) is 5.73 Å². The largest absolute Gasteiger partial charge is 0.398 e. The summed E-state index contributed by atoms with van der Waals surface area (Å²) in [4.78, 5) is 20.0. The number of aromatic nitrogens is 2. The second-order valence-corrected chi connectivity index (χ2v) is 7.86. The van der Waals surface area contributed by atoms with E-state index in [9.17, 15) is 4.79 Å². The van der Waals surface area contributed by atoms with Gasteiger partial charge in [0.05, 0.1) is 16.7 Å². The minimum Gasteiger partial charge on any atom is -0.398 e. The van der Waals surface area contributed by atoms with Gasteiger partial charge < -0.3 is 10.6 Å². The number of rotatable bonds is 2. The minimum atomic E-state index is -0.0726. The van der Waals surface area contributed by atoms with E-state index in [2.05, 4.69) is 28.1 Å². The molecule has 29 heavy (non-hydrogen) atoms. The van der Waals surface area contributed by atoms with Gasteiger partial charge >= 0.3 is 0 Å². The number of hydrogen-bond donors (Lipinski definition) is 1. The third-order valence-corrected chi connectivity index (χ3v) is 5.94. The molecule has 1 fully saturated rings. The van der Waals surface area contributed by atoms with E-state index < -0.39 is 0 Å². The van der Waals surface area contributed by atoms with Crippen LogP contribution in [0.3, 0.4) is 0 Å². The van der Waals surface area contributed by atoms with Crippen LogP contribution in [-0.4, -0.2) is 22.6 Å². The molecule has 0 atom stereocenters. The van der Waals surface area contributed by atoms with Crippen molar-refractivity contribution < 1.29 is 0 Å². The number of pyridine rings is 2. The Morgan fingerprint density at radius 1 is 0.931 bits per heavy atom. The lowest BCUT2D eigenvalue weighted by Gasteiger charge is -2.29. The van der Waals surface area contributed by atoms with E-state index in [1.807, 2.05) is 37.4 Å². The first-order chi connectivity index (χ1) is 14.1. The van der Waals surface area contributed by atoms with Crippen LogP contribution in [0.25, 0.3) is 27.5 Å². The van der Waals surface area contributed by atoms with Gasteiger partial charge in [0.15, 0.2) is 0 Å². The summed E-state index contributed by atoms with van der Waals surface area (Å²) in [6, 6.07) is 15.6. The highest BCUT2D eigenvalue weighted by molar-refractivity contribution is 6.05. The average molecular weight is 384 g/mol. The first-order valence-corrected chi connectivity index (χ1v) is 10.2. The van der Waals surface area contributed by atoms with Crippen LogP contribution in [0, 0.1) is 6.92 Å². The van der Waals surface area contributed by atoms with Gasteiger partial charge in [0.25, 0.3) is 5.56 Å². The molecule has 1 aliphatic rings. The molecule has 0 aliphatic carbocycles. The number of nitrogen functional groups attached to an aromatic ring is 1. The molecule has 0 radical (unpaired) electrons. The molecule has 0 saturated carbocycles. The number of anilines is 2. The summed E-state index contributed by atoms with van der Waals surface area (Å²) in [6.07, 6.45) is 5.58. The lowest BCUT2D eigenvalue weighted by atomic mass is 10.1. The predicted octanol–water partition coefficient (Wildman–Crippen LogP) is 4.42. The number of benzene rings is 2. The number of aryl methyl sites for hydroxylation is 1. The quantitative estimate of drug-likeness (QED) is 0.410. The third kappa shape index (κ3) is 3.03. The fourth-order valence-electron chi connectivity index (χ4n) is 4.27. The molecule has 5 nitrogen and oxygen atoms in total. The van der Waals surface area contributed by atoms with Gasteiger partial charge in [-0.3, -0.25) is 14.3 Å². The van der Waals surface area contributed by atoms with E-state index in [0.717, 1.165) is 46.1 Å². The van der Waals surface area contributed by atoms with Crippen molar-refractivity contribution in [3.05, 3.63) is 70.6 Å². The highest BCUT2D eigenvalue weighted by atomic mass is 16.1. The van der Waals surface area contributed by atoms with Gasteiger partial charge in [-0.25, -0.2) is 0 Å². The van der Waals surface area contributed by atoms with Crippen molar-refractivity contribution >= 4 is 33.2 Å². The van der Waals surface area contributed by atoms with E-state index in [0.29, 0.717) is 5.69 Å². The van der Waals surface area contributed by atoms with Gasteiger partial charge in [-0.1, -0.05) is 6.07 Å². The SMILES string of the molecule is Cc1ccc(-n2c(=O)ccc3cnc4ccc(N5CCCCC5)cc4c32)cc1N. The summed E-state index contributed by atoms with van der Waals surface area (Å²) in [5, 5.41) is 1.93. The summed E-state index contributed by atoms with van der Waals surface area (Å²) >= 11 is 0. The zero-order valence-corrected chi connectivity index (χ0v) is 16.6. The Bertz CT molecular complexity index is 1290. The van der Waals surface area contributed by atoms with Crippen LogP contribution >= 0.6 is 0 Å². The van der Waals surface area contributed by atoms with Crippen molar-refractivity contribution in [2.75, 3.05) is 23.7 Å². The van der Waals surface area contributed by atoms with Crippen LogP contribution in [0.1, 0.15) is 24.8 Å². The van der Waals surface area contributed by atoms with Crippen molar-refractivity contribution in [3.8, 4) is 5.69 Å². The Balaban J connectivity index is 1.81. The van der Waals surface area contributed by atoms with Crippen LogP contribution in [0.2, 0.25) is 0 Å².